The lowest BCUT2D eigenvalue weighted by Crippen LogP contribution is -2.35. The largest absolute Gasteiger partial charge is 0.486 e. The van der Waals surface area contributed by atoms with Gasteiger partial charge in [0, 0.05) is 25.1 Å². The van der Waals surface area contributed by atoms with E-state index >= 15 is 0 Å². The highest BCUT2D eigenvalue weighted by atomic mass is 35.5. The van der Waals surface area contributed by atoms with Gasteiger partial charge in [-0.1, -0.05) is 0 Å². The molecular weight excluding hydrogens is 380 g/mol. The van der Waals surface area contributed by atoms with Crippen LogP contribution < -0.4 is 15.2 Å². The van der Waals surface area contributed by atoms with Crippen LogP contribution in [0.1, 0.15) is 19.8 Å². The number of hydrogen-bond acceptors (Lipinski definition) is 6. The molecule has 0 bridgehead atoms. The second-order valence-electron chi connectivity index (χ2n) is 6.61. The number of amides is 1. The maximum Gasteiger partial charge on any atom is 0.223 e. The van der Waals surface area contributed by atoms with Crippen molar-refractivity contribution in [2.24, 2.45) is 11.7 Å². The van der Waals surface area contributed by atoms with Crippen LogP contribution in [0.25, 0.3) is 0 Å². The van der Waals surface area contributed by atoms with Crippen molar-refractivity contribution in [1.82, 2.24) is 4.90 Å². The molecule has 3 rings (SSSR count). The van der Waals surface area contributed by atoms with Gasteiger partial charge in [0.1, 0.15) is 13.2 Å². The quantitative estimate of drug-likeness (QED) is 0.792. The molecule has 146 valence electrons. The van der Waals surface area contributed by atoms with E-state index in [0.717, 1.165) is 6.42 Å². The number of carbonyl (C=O) groups is 1. The molecule has 1 aromatic carbocycles. The van der Waals surface area contributed by atoms with Gasteiger partial charge in [0.05, 0.1) is 10.6 Å². The lowest BCUT2D eigenvalue weighted by atomic mass is 10.1. The average molecular weight is 405 g/mol. The van der Waals surface area contributed by atoms with Crippen LogP contribution in [0.2, 0.25) is 0 Å². The van der Waals surface area contributed by atoms with Crippen molar-refractivity contribution in [3.05, 3.63) is 18.2 Å². The maximum absolute atomic E-state index is 12.6. The second kappa shape index (κ2) is 8.45. The first-order valence-electron chi connectivity index (χ1n) is 8.52. The molecule has 1 aromatic rings. The van der Waals surface area contributed by atoms with Gasteiger partial charge in [0.15, 0.2) is 21.3 Å². The molecule has 0 aromatic heterocycles. The van der Waals surface area contributed by atoms with Crippen molar-refractivity contribution in [1.29, 1.82) is 0 Å². The minimum Gasteiger partial charge on any atom is -0.486 e. The van der Waals surface area contributed by atoms with E-state index in [2.05, 4.69) is 0 Å². The minimum atomic E-state index is -3.56. The predicted octanol–water partition coefficient (Wildman–Crippen LogP) is 1.24. The summed E-state index contributed by atoms with van der Waals surface area (Å²) in [5.74, 6) is 0.914. The summed E-state index contributed by atoms with van der Waals surface area (Å²) < 4.78 is 35.9. The molecule has 0 saturated carbocycles. The molecule has 1 amide bonds. The Morgan fingerprint density at radius 3 is 2.62 bits per heavy atom. The summed E-state index contributed by atoms with van der Waals surface area (Å²) in [6.07, 6.45) is 0.843. The minimum absolute atomic E-state index is 0. The number of hydrogen-bond donors (Lipinski definition) is 1. The van der Waals surface area contributed by atoms with Crippen molar-refractivity contribution in [3.8, 4) is 11.5 Å². The summed E-state index contributed by atoms with van der Waals surface area (Å²) in [7, 11) is -3.56. The molecule has 7 nitrogen and oxygen atoms in total. The van der Waals surface area contributed by atoms with E-state index in [1.807, 2.05) is 6.92 Å². The van der Waals surface area contributed by atoms with E-state index in [9.17, 15) is 13.2 Å². The van der Waals surface area contributed by atoms with E-state index in [0.29, 0.717) is 43.7 Å². The highest BCUT2D eigenvalue weighted by Crippen LogP contribution is 2.32. The monoisotopic (exact) mass is 404 g/mol. The van der Waals surface area contributed by atoms with Crippen molar-refractivity contribution < 1.29 is 22.7 Å². The van der Waals surface area contributed by atoms with Crippen molar-refractivity contribution in [3.63, 3.8) is 0 Å². The van der Waals surface area contributed by atoms with Gasteiger partial charge in [-0.15, -0.1) is 12.4 Å². The third kappa shape index (κ3) is 4.42. The smallest absolute Gasteiger partial charge is 0.223 e. The third-order valence-corrected chi connectivity index (χ3v) is 6.49. The molecule has 0 aliphatic carbocycles. The van der Waals surface area contributed by atoms with Crippen molar-refractivity contribution in [2.45, 2.75) is 30.7 Å². The Hall–Kier alpha value is -1.51. The molecule has 0 spiro atoms. The number of nitrogens with two attached hydrogens (primary N) is 1. The fraction of sp³-hybridized carbons (Fsp3) is 0.588. The second-order valence-corrected chi connectivity index (χ2v) is 8.72. The molecule has 2 unspecified atom stereocenters. The van der Waals surface area contributed by atoms with Gasteiger partial charge in [-0.05, 0) is 37.9 Å². The molecule has 2 aliphatic rings. The average Bonchev–Trinajstić information content (AvgIpc) is 3.00. The lowest BCUT2D eigenvalue weighted by Gasteiger charge is -2.21. The van der Waals surface area contributed by atoms with Gasteiger partial charge in [-0.25, -0.2) is 8.42 Å². The standard InChI is InChI=1S/C17H24N2O5S.ClH/c1-12-8-13(10-18)11-19(12)17(20)4-7-25(21,22)14-2-3-15-16(9-14)24-6-5-23-15;/h2-3,9,12-13H,4-8,10-11,18H2,1H3;1H. The zero-order valence-electron chi connectivity index (χ0n) is 14.7. The van der Waals surface area contributed by atoms with Crippen LogP contribution in [0, 0.1) is 5.92 Å². The van der Waals surface area contributed by atoms with Crippen molar-refractivity contribution in [2.75, 3.05) is 32.1 Å². The third-order valence-electron chi connectivity index (χ3n) is 4.77. The normalized spacial score (nSPS) is 22.0. The zero-order valence-corrected chi connectivity index (χ0v) is 16.4. The first-order valence-corrected chi connectivity index (χ1v) is 10.2. The Kier molecular flexibility index (Phi) is 6.76. The van der Waals surface area contributed by atoms with E-state index in [1.165, 1.54) is 12.1 Å². The van der Waals surface area contributed by atoms with Crippen molar-refractivity contribution >= 4 is 28.2 Å². The number of likely N-dealkylation sites (tertiary alicyclic amines) is 1. The van der Waals surface area contributed by atoms with Crippen LogP contribution in [0.15, 0.2) is 23.1 Å². The number of nitrogens with zero attached hydrogens (tertiary/aromatic N) is 1. The van der Waals surface area contributed by atoms with E-state index in [1.54, 1.807) is 11.0 Å². The summed E-state index contributed by atoms with van der Waals surface area (Å²) in [4.78, 5) is 14.3. The van der Waals surface area contributed by atoms with Crippen LogP contribution in [0.3, 0.4) is 0 Å². The summed E-state index contributed by atoms with van der Waals surface area (Å²) in [6.45, 7) is 3.97. The number of carbonyl (C=O) groups excluding carboxylic acids is 1. The highest BCUT2D eigenvalue weighted by molar-refractivity contribution is 7.91. The first-order chi connectivity index (χ1) is 11.9. The van der Waals surface area contributed by atoms with Crippen LogP contribution in [-0.2, 0) is 14.6 Å². The summed E-state index contributed by atoms with van der Waals surface area (Å²) >= 11 is 0. The number of rotatable bonds is 5. The summed E-state index contributed by atoms with van der Waals surface area (Å²) in [5, 5.41) is 0. The van der Waals surface area contributed by atoms with Gasteiger partial charge >= 0.3 is 0 Å². The molecular formula is C17H25ClN2O5S. The van der Waals surface area contributed by atoms with Crippen LogP contribution in [0.4, 0.5) is 0 Å². The molecule has 9 heteroatoms. The molecule has 2 atom stereocenters. The van der Waals surface area contributed by atoms with Crippen LogP contribution >= 0.6 is 12.4 Å². The predicted molar refractivity (Wildman–Crippen MR) is 99.7 cm³/mol. The molecule has 1 saturated heterocycles. The van der Waals surface area contributed by atoms with Gasteiger partial charge in [-0.2, -0.15) is 0 Å². The molecule has 2 heterocycles. The van der Waals surface area contributed by atoms with E-state index < -0.39 is 9.84 Å². The Labute approximate surface area is 160 Å². The Morgan fingerprint density at radius 1 is 1.27 bits per heavy atom. The zero-order chi connectivity index (χ0) is 18.0. The van der Waals surface area contributed by atoms with E-state index in [-0.39, 0.29) is 41.4 Å². The maximum atomic E-state index is 12.6. The molecule has 2 N–H and O–H groups in total. The van der Waals surface area contributed by atoms with Crippen LogP contribution in [0.5, 0.6) is 11.5 Å². The SMILES string of the molecule is CC1CC(CN)CN1C(=O)CCS(=O)(=O)c1ccc2c(c1)OCCO2.Cl. The number of halogens is 1. The van der Waals surface area contributed by atoms with Gasteiger partial charge in [-0.3, -0.25) is 4.79 Å². The molecule has 2 aliphatic heterocycles. The topological polar surface area (TPSA) is 98.9 Å². The Morgan fingerprint density at radius 2 is 1.96 bits per heavy atom. The van der Waals surface area contributed by atoms with E-state index in [4.69, 9.17) is 15.2 Å². The first kappa shape index (κ1) is 20.8. The summed E-state index contributed by atoms with van der Waals surface area (Å²) in [6, 6.07) is 4.67. The van der Waals surface area contributed by atoms with Crippen LogP contribution in [-0.4, -0.2) is 57.3 Å². The number of ether oxygens (including phenoxy) is 2. The number of sulfone groups is 1. The fourth-order valence-corrected chi connectivity index (χ4v) is 4.60. The number of benzene rings is 1. The lowest BCUT2D eigenvalue weighted by molar-refractivity contribution is -0.131. The van der Waals surface area contributed by atoms with Gasteiger partial charge in [0.25, 0.3) is 0 Å². The Balaban J connectivity index is 0.00000243. The highest BCUT2D eigenvalue weighted by Gasteiger charge is 2.32. The molecule has 0 radical (unpaired) electrons. The molecule has 1 fully saturated rings. The van der Waals surface area contributed by atoms with Gasteiger partial charge < -0.3 is 20.1 Å². The number of fused-ring (bicyclic) bond motifs is 1. The molecule has 26 heavy (non-hydrogen) atoms. The van der Waals surface area contributed by atoms with Gasteiger partial charge in [0.2, 0.25) is 5.91 Å². The fourth-order valence-electron chi connectivity index (χ4n) is 3.36. The summed E-state index contributed by atoms with van der Waals surface area (Å²) in [5.41, 5.74) is 5.68. The Bertz CT molecular complexity index is 756.